The van der Waals surface area contributed by atoms with Crippen molar-refractivity contribution in [1.29, 1.82) is 0 Å². The van der Waals surface area contributed by atoms with Gasteiger partial charge in [0, 0.05) is 33.3 Å². The molecule has 106 valence electrons. The van der Waals surface area contributed by atoms with Crippen molar-refractivity contribution in [3.05, 3.63) is 11.9 Å². The van der Waals surface area contributed by atoms with Crippen LogP contribution in [-0.4, -0.2) is 47.9 Å². The van der Waals surface area contributed by atoms with Crippen LogP contribution in [0.5, 0.6) is 0 Å². The number of rotatable bonds is 4. The summed E-state index contributed by atoms with van der Waals surface area (Å²) in [4.78, 5) is 11.0. The van der Waals surface area contributed by atoms with Crippen LogP contribution in [0.25, 0.3) is 0 Å². The van der Waals surface area contributed by atoms with Crippen molar-refractivity contribution in [3.63, 3.8) is 0 Å². The minimum absolute atomic E-state index is 0.397. The Balaban J connectivity index is 2.17. The molecule has 2 rings (SSSR count). The van der Waals surface area contributed by atoms with Gasteiger partial charge in [0.2, 0.25) is 0 Å². The van der Waals surface area contributed by atoms with Gasteiger partial charge in [-0.05, 0) is 19.8 Å². The monoisotopic (exact) mass is 266 g/mol. The fourth-order valence-corrected chi connectivity index (χ4v) is 2.18. The minimum Gasteiger partial charge on any atom is -0.390 e. The van der Waals surface area contributed by atoms with Crippen molar-refractivity contribution >= 4 is 11.6 Å². The Labute approximate surface area is 113 Å². The number of hydrogen-bond donors (Lipinski definition) is 2. The van der Waals surface area contributed by atoms with Gasteiger partial charge in [0.1, 0.15) is 18.2 Å². The van der Waals surface area contributed by atoms with E-state index in [0.717, 1.165) is 37.6 Å². The Bertz CT molecular complexity index is 427. The van der Waals surface area contributed by atoms with E-state index in [1.807, 2.05) is 20.0 Å². The number of aromatic nitrogens is 2. The zero-order valence-corrected chi connectivity index (χ0v) is 11.8. The molecule has 1 aromatic heterocycles. The standard InChI is InChI=1S/C13H22N4O2/c1-13(18)4-6-17(7-5-13)12-8-10(14-2)15-11(16-12)9-19-3/h8,18H,4-7,9H2,1-3H3,(H,14,15,16). The van der Waals surface area contributed by atoms with Gasteiger partial charge in [-0.3, -0.25) is 0 Å². The summed E-state index contributed by atoms with van der Waals surface area (Å²) in [6, 6.07) is 1.93. The highest BCUT2D eigenvalue weighted by molar-refractivity contribution is 5.49. The fourth-order valence-electron chi connectivity index (χ4n) is 2.18. The molecule has 0 saturated carbocycles. The molecule has 0 bridgehead atoms. The van der Waals surface area contributed by atoms with Gasteiger partial charge in [0.05, 0.1) is 5.60 Å². The Kier molecular flexibility index (Phi) is 4.21. The van der Waals surface area contributed by atoms with Crippen LogP contribution in [0.1, 0.15) is 25.6 Å². The highest BCUT2D eigenvalue weighted by atomic mass is 16.5. The maximum absolute atomic E-state index is 9.99. The largest absolute Gasteiger partial charge is 0.390 e. The van der Waals surface area contributed by atoms with Crippen LogP contribution in [0.3, 0.4) is 0 Å². The number of aliphatic hydroxyl groups is 1. The molecule has 1 fully saturated rings. The quantitative estimate of drug-likeness (QED) is 0.848. The molecule has 0 spiro atoms. The predicted molar refractivity (Wildman–Crippen MR) is 74.4 cm³/mol. The average molecular weight is 266 g/mol. The number of ether oxygens (including phenoxy) is 1. The lowest BCUT2D eigenvalue weighted by atomic mass is 9.94. The van der Waals surface area contributed by atoms with Crippen LogP contribution in [0.15, 0.2) is 6.07 Å². The van der Waals surface area contributed by atoms with E-state index in [1.165, 1.54) is 0 Å². The lowest BCUT2D eigenvalue weighted by Gasteiger charge is -2.36. The van der Waals surface area contributed by atoms with Crippen molar-refractivity contribution in [1.82, 2.24) is 9.97 Å². The van der Waals surface area contributed by atoms with Crippen LogP contribution in [0, 0.1) is 0 Å². The van der Waals surface area contributed by atoms with Crippen molar-refractivity contribution in [3.8, 4) is 0 Å². The number of nitrogens with one attached hydrogen (secondary N) is 1. The van der Waals surface area contributed by atoms with Gasteiger partial charge in [-0.2, -0.15) is 0 Å². The first-order valence-electron chi connectivity index (χ1n) is 6.56. The molecule has 1 aliphatic heterocycles. The molecule has 2 heterocycles. The lowest BCUT2D eigenvalue weighted by Crippen LogP contribution is -2.42. The second-order valence-corrected chi connectivity index (χ2v) is 5.19. The summed E-state index contributed by atoms with van der Waals surface area (Å²) in [5, 5.41) is 13.0. The third kappa shape index (κ3) is 3.54. The van der Waals surface area contributed by atoms with Crippen molar-refractivity contribution in [2.75, 3.05) is 37.5 Å². The van der Waals surface area contributed by atoms with Crippen LogP contribution < -0.4 is 10.2 Å². The molecule has 1 saturated heterocycles. The predicted octanol–water partition coefficient (Wildman–Crippen LogP) is 1.02. The van der Waals surface area contributed by atoms with Crippen LogP contribution >= 0.6 is 0 Å². The van der Waals surface area contributed by atoms with Crippen molar-refractivity contribution in [2.24, 2.45) is 0 Å². The van der Waals surface area contributed by atoms with Gasteiger partial charge in [0.25, 0.3) is 0 Å². The summed E-state index contributed by atoms with van der Waals surface area (Å²) < 4.78 is 5.09. The van der Waals surface area contributed by atoms with E-state index in [9.17, 15) is 5.11 Å². The zero-order chi connectivity index (χ0) is 13.9. The molecule has 6 nitrogen and oxygen atoms in total. The Hall–Kier alpha value is -1.40. The summed E-state index contributed by atoms with van der Waals surface area (Å²) in [6.07, 6.45) is 1.51. The SMILES string of the molecule is CNc1cc(N2CCC(C)(O)CC2)nc(COC)n1. The minimum atomic E-state index is -0.551. The van der Waals surface area contributed by atoms with Crippen LogP contribution in [-0.2, 0) is 11.3 Å². The van der Waals surface area contributed by atoms with E-state index in [-0.39, 0.29) is 0 Å². The third-order valence-corrected chi connectivity index (χ3v) is 3.45. The molecule has 1 aromatic rings. The Morgan fingerprint density at radius 1 is 1.42 bits per heavy atom. The first-order valence-corrected chi connectivity index (χ1v) is 6.56. The average Bonchev–Trinajstić information content (AvgIpc) is 2.38. The van der Waals surface area contributed by atoms with Gasteiger partial charge in [-0.1, -0.05) is 0 Å². The molecule has 0 amide bonds. The normalized spacial score (nSPS) is 18.4. The molecule has 19 heavy (non-hydrogen) atoms. The molecule has 0 unspecified atom stereocenters. The highest BCUT2D eigenvalue weighted by Gasteiger charge is 2.28. The fraction of sp³-hybridized carbons (Fsp3) is 0.692. The summed E-state index contributed by atoms with van der Waals surface area (Å²) >= 11 is 0. The van der Waals surface area contributed by atoms with Crippen molar-refractivity contribution in [2.45, 2.75) is 32.0 Å². The van der Waals surface area contributed by atoms with E-state index in [0.29, 0.717) is 12.4 Å². The molecular weight excluding hydrogens is 244 g/mol. The van der Waals surface area contributed by atoms with E-state index in [1.54, 1.807) is 7.11 Å². The third-order valence-electron chi connectivity index (χ3n) is 3.45. The number of piperidine rings is 1. The molecule has 0 radical (unpaired) electrons. The maximum Gasteiger partial charge on any atom is 0.158 e. The molecule has 2 N–H and O–H groups in total. The van der Waals surface area contributed by atoms with Crippen molar-refractivity contribution < 1.29 is 9.84 Å². The molecular formula is C13H22N4O2. The summed E-state index contributed by atoms with van der Waals surface area (Å²) in [5.74, 6) is 2.35. The topological polar surface area (TPSA) is 70.5 Å². The summed E-state index contributed by atoms with van der Waals surface area (Å²) in [5.41, 5.74) is -0.551. The summed E-state index contributed by atoms with van der Waals surface area (Å²) in [7, 11) is 3.47. The van der Waals surface area contributed by atoms with E-state index < -0.39 is 5.60 Å². The van der Waals surface area contributed by atoms with Gasteiger partial charge in [-0.15, -0.1) is 0 Å². The number of hydrogen-bond acceptors (Lipinski definition) is 6. The summed E-state index contributed by atoms with van der Waals surface area (Å²) in [6.45, 7) is 3.90. The van der Waals surface area contributed by atoms with E-state index in [2.05, 4.69) is 20.2 Å². The van der Waals surface area contributed by atoms with E-state index >= 15 is 0 Å². The lowest BCUT2D eigenvalue weighted by molar-refractivity contribution is 0.0350. The maximum atomic E-state index is 9.99. The van der Waals surface area contributed by atoms with Crippen LogP contribution in [0.2, 0.25) is 0 Å². The van der Waals surface area contributed by atoms with Gasteiger partial charge >= 0.3 is 0 Å². The second-order valence-electron chi connectivity index (χ2n) is 5.19. The van der Waals surface area contributed by atoms with Crippen LogP contribution in [0.4, 0.5) is 11.6 Å². The molecule has 0 atom stereocenters. The van der Waals surface area contributed by atoms with Gasteiger partial charge in [-0.25, -0.2) is 9.97 Å². The van der Waals surface area contributed by atoms with E-state index in [4.69, 9.17) is 4.74 Å². The number of methoxy groups -OCH3 is 1. The zero-order valence-electron chi connectivity index (χ0n) is 11.8. The van der Waals surface area contributed by atoms with Gasteiger partial charge in [0.15, 0.2) is 5.82 Å². The second kappa shape index (κ2) is 5.71. The first-order chi connectivity index (χ1) is 9.04. The Morgan fingerprint density at radius 2 is 2.11 bits per heavy atom. The molecule has 0 aromatic carbocycles. The molecule has 1 aliphatic rings. The first kappa shape index (κ1) is 14.0. The van der Waals surface area contributed by atoms with Gasteiger partial charge < -0.3 is 20.1 Å². The Morgan fingerprint density at radius 3 is 2.68 bits per heavy atom. The number of nitrogens with zero attached hydrogens (tertiary/aromatic N) is 3. The number of anilines is 2. The highest BCUT2D eigenvalue weighted by Crippen LogP contribution is 2.25. The smallest absolute Gasteiger partial charge is 0.158 e. The molecule has 6 heteroatoms. The molecule has 0 aliphatic carbocycles.